The summed E-state index contributed by atoms with van der Waals surface area (Å²) in [4.78, 5) is 0. The highest BCUT2D eigenvalue weighted by molar-refractivity contribution is 8.02. The minimum Gasteiger partial charge on any atom is -0.391 e. The molecule has 0 amide bonds. The summed E-state index contributed by atoms with van der Waals surface area (Å²) in [6, 6.07) is 0.348. The lowest BCUT2D eigenvalue weighted by molar-refractivity contribution is 0.140. The fourth-order valence-corrected chi connectivity index (χ4v) is 3.25. The van der Waals surface area contributed by atoms with Gasteiger partial charge in [0.05, 0.1) is 6.10 Å². The SMILES string of the molecule is CC1(C2NCCC2O)CCS1. The third kappa shape index (κ3) is 1.19. The molecule has 0 aromatic heterocycles. The summed E-state index contributed by atoms with van der Waals surface area (Å²) in [6.45, 7) is 3.25. The molecule has 2 rings (SSSR count). The lowest BCUT2D eigenvalue weighted by Crippen LogP contribution is -2.53. The molecule has 3 unspecified atom stereocenters. The van der Waals surface area contributed by atoms with Crippen molar-refractivity contribution in [1.82, 2.24) is 5.32 Å². The molecule has 2 aliphatic rings. The van der Waals surface area contributed by atoms with E-state index < -0.39 is 0 Å². The lowest BCUT2D eigenvalue weighted by atomic mass is 9.94. The van der Waals surface area contributed by atoms with Gasteiger partial charge in [0.15, 0.2) is 0 Å². The topological polar surface area (TPSA) is 32.3 Å². The van der Waals surface area contributed by atoms with Crippen molar-refractivity contribution in [3.8, 4) is 0 Å². The van der Waals surface area contributed by atoms with Gasteiger partial charge in [0.25, 0.3) is 0 Å². The van der Waals surface area contributed by atoms with Crippen molar-refractivity contribution in [2.45, 2.75) is 36.7 Å². The number of aliphatic hydroxyl groups is 1. The smallest absolute Gasteiger partial charge is 0.0718 e. The number of rotatable bonds is 1. The summed E-state index contributed by atoms with van der Waals surface area (Å²) in [5.74, 6) is 1.27. The van der Waals surface area contributed by atoms with E-state index in [1.807, 2.05) is 11.8 Å². The minimum atomic E-state index is -0.104. The number of thioether (sulfide) groups is 1. The van der Waals surface area contributed by atoms with Gasteiger partial charge in [-0.25, -0.2) is 0 Å². The fraction of sp³-hybridized carbons (Fsp3) is 1.00. The van der Waals surface area contributed by atoms with Crippen molar-refractivity contribution in [1.29, 1.82) is 0 Å². The molecule has 0 saturated carbocycles. The van der Waals surface area contributed by atoms with E-state index in [0.717, 1.165) is 13.0 Å². The van der Waals surface area contributed by atoms with Gasteiger partial charge >= 0.3 is 0 Å². The Labute approximate surface area is 71.7 Å². The van der Waals surface area contributed by atoms with Crippen LogP contribution in [0, 0.1) is 0 Å². The van der Waals surface area contributed by atoms with Crippen LogP contribution in [-0.4, -0.2) is 34.3 Å². The van der Waals surface area contributed by atoms with Gasteiger partial charge in [-0.05, 0) is 32.1 Å². The molecule has 11 heavy (non-hydrogen) atoms. The summed E-state index contributed by atoms with van der Waals surface area (Å²) < 4.78 is 0.329. The molecule has 0 radical (unpaired) electrons. The minimum absolute atomic E-state index is 0.104. The van der Waals surface area contributed by atoms with Gasteiger partial charge < -0.3 is 10.4 Å². The largest absolute Gasteiger partial charge is 0.391 e. The first-order chi connectivity index (χ1) is 5.22. The van der Waals surface area contributed by atoms with Crippen LogP contribution in [0.25, 0.3) is 0 Å². The Balaban J connectivity index is 2.02. The van der Waals surface area contributed by atoms with Crippen LogP contribution in [-0.2, 0) is 0 Å². The molecule has 2 aliphatic heterocycles. The Bertz CT molecular complexity index is 158. The van der Waals surface area contributed by atoms with E-state index in [2.05, 4.69) is 12.2 Å². The van der Waals surface area contributed by atoms with E-state index in [1.54, 1.807) is 0 Å². The molecule has 3 heteroatoms. The van der Waals surface area contributed by atoms with Crippen LogP contribution in [0.3, 0.4) is 0 Å². The highest BCUT2D eigenvalue weighted by atomic mass is 32.2. The summed E-state index contributed by atoms with van der Waals surface area (Å²) in [7, 11) is 0. The van der Waals surface area contributed by atoms with Crippen molar-refractivity contribution in [3.05, 3.63) is 0 Å². The molecule has 0 aromatic carbocycles. The molecule has 0 spiro atoms. The molecule has 64 valence electrons. The number of aliphatic hydroxyl groups excluding tert-OH is 1. The highest BCUT2D eigenvalue weighted by Crippen LogP contribution is 2.45. The highest BCUT2D eigenvalue weighted by Gasteiger charge is 2.45. The third-order valence-corrected chi connectivity index (χ3v) is 4.40. The predicted molar refractivity (Wildman–Crippen MR) is 47.9 cm³/mol. The second kappa shape index (κ2) is 2.64. The van der Waals surface area contributed by atoms with E-state index in [0.29, 0.717) is 10.8 Å². The van der Waals surface area contributed by atoms with Crippen LogP contribution in [0.2, 0.25) is 0 Å². The number of nitrogens with one attached hydrogen (secondary N) is 1. The van der Waals surface area contributed by atoms with E-state index in [9.17, 15) is 5.11 Å². The van der Waals surface area contributed by atoms with Crippen LogP contribution in [0.1, 0.15) is 19.8 Å². The summed E-state index contributed by atoms with van der Waals surface area (Å²) in [6.07, 6.45) is 2.08. The molecule has 0 aliphatic carbocycles. The first-order valence-electron chi connectivity index (χ1n) is 4.28. The van der Waals surface area contributed by atoms with Crippen molar-refractivity contribution in [3.63, 3.8) is 0 Å². The quantitative estimate of drug-likeness (QED) is 0.609. The van der Waals surface area contributed by atoms with Crippen LogP contribution in [0.5, 0.6) is 0 Å². The average molecular weight is 173 g/mol. The van der Waals surface area contributed by atoms with Gasteiger partial charge in [0.1, 0.15) is 0 Å². The molecule has 2 saturated heterocycles. The second-order valence-electron chi connectivity index (χ2n) is 3.70. The van der Waals surface area contributed by atoms with Crippen LogP contribution < -0.4 is 5.32 Å². The van der Waals surface area contributed by atoms with Gasteiger partial charge in [0.2, 0.25) is 0 Å². The van der Waals surface area contributed by atoms with Crippen molar-refractivity contribution >= 4 is 11.8 Å². The van der Waals surface area contributed by atoms with Crippen LogP contribution >= 0.6 is 11.8 Å². The molecular weight excluding hydrogens is 158 g/mol. The Hall–Kier alpha value is 0.270. The van der Waals surface area contributed by atoms with Crippen LogP contribution in [0.15, 0.2) is 0 Å². The number of hydrogen-bond donors (Lipinski definition) is 2. The van der Waals surface area contributed by atoms with E-state index in [4.69, 9.17) is 0 Å². The summed E-state index contributed by atoms with van der Waals surface area (Å²) in [5.41, 5.74) is 0. The molecule has 2 heterocycles. The standard InChI is InChI=1S/C8H15NOS/c1-8(3-5-11-8)7-6(10)2-4-9-7/h6-7,9-10H,2-5H2,1H3. The third-order valence-electron chi connectivity index (χ3n) is 2.88. The van der Waals surface area contributed by atoms with Crippen molar-refractivity contribution < 1.29 is 5.11 Å². The normalized spacial score (nSPS) is 50.7. The van der Waals surface area contributed by atoms with Crippen LogP contribution in [0.4, 0.5) is 0 Å². The number of hydrogen-bond acceptors (Lipinski definition) is 3. The van der Waals surface area contributed by atoms with Gasteiger partial charge in [-0.1, -0.05) is 0 Å². The van der Waals surface area contributed by atoms with E-state index in [-0.39, 0.29) is 6.10 Å². The van der Waals surface area contributed by atoms with E-state index >= 15 is 0 Å². The molecule has 0 bridgehead atoms. The second-order valence-corrected chi connectivity index (χ2v) is 5.33. The van der Waals surface area contributed by atoms with Crippen molar-refractivity contribution in [2.75, 3.05) is 12.3 Å². The van der Waals surface area contributed by atoms with Gasteiger partial charge in [-0.15, -0.1) is 0 Å². The Morgan fingerprint density at radius 1 is 1.64 bits per heavy atom. The zero-order valence-corrected chi connectivity index (χ0v) is 7.66. The van der Waals surface area contributed by atoms with Crippen molar-refractivity contribution in [2.24, 2.45) is 0 Å². The fourth-order valence-electron chi connectivity index (χ4n) is 1.98. The molecule has 2 N–H and O–H groups in total. The first-order valence-corrected chi connectivity index (χ1v) is 5.26. The van der Waals surface area contributed by atoms with Gasteiger partial charge in [0, 0.05) is 10.8 Å². The Morgan fingerprint density at radius 2 is 2.36 bits per heavy atom. The van der Waals surface area contributed by atoms with Gasteiger partial charge in [-0.3, -0.25) is 0 Å². The monoisotopic (exact) mass is 173 g/mol. The molecule has 2 nitrogen and oxygen atoms in total. The van der Waals surface area contributed by atoms with E-state index in [1.165, 1.54) is 12.2 Å². The molecule has 3 atom stereocenters. The molecular formula is C8H15NOS. The Morgan fingerprint density at radius 3 is 2.73 bits per heavy atom. The summed E-state index contributed by atoms with van der Waals surface area (Å²) >= 11 is 1.99. The lowest BCUT2D eigenvalue weighted by Gasteiger charge is -2.44. The maximum absolute atomic E-state index is 9.61. The predicted octanol–water partition coefficient (Wildman–Crippen LogP) is 0.605. The average Bonchev–Trinajstić information content (AvgIpc) is 2.30. The maximum Gasteiger partial charge on any atom is 0.0718 e. The molecule has 2 fully saturated rings. The first kappa shape index (κ1) is 7.90. The zero-order chi connectivity index (χ0) is 7.90. The van der Waals surface area contributed by atoms with Gasteiger partial charge in [-0.2, -0.15) is 11.8 Å². The zero-order valence-electron chi connectivity index (χ0n) is 6.84. The maximum atomic E-state index is 9.61. The Kier molecular flexibility index (Phi) is 1.90. The molecule has 0 aromatic rings. The summed E-state index contributed by atoms with van der Waals surface area (Å²) in [5, 5.41) is 13.0.